The van der Waals surface area contributed by atoms with E-state index in [9.17, 15) is 18.4 Å². The molecule has 2 aliphatic rings. The minimum absolute atomic E-state index is 0.0587. The third kappa shape index (κ3) is 20.5. The van der Waals surface area contributed by atoms with Gasteiger partial charge in [0, 0.05) is 43.1 Å². The molecule has 8 heteroatoms. The van der Waals surface area contributed by atoms with Crippen LogP contribution < -0.4 is 5.32 Å². The summed E-state index contributed by atoms with van der Waals surface area (Å²) in [6.07, 6.45) is 21.7. The number of carbonyl (C=O) groups is 2. The minimum Gasteiger partial charge on any atom is -0.345 e. The molecule has 1 unspecified atom stereocenters. The maximum Gasteiger partial charge on any atom is 0.228 e. The summed E-state index contributed by atoms with van der Waals surface area (Å²) in [5, 5.41) is 2.88. The predicted molar refractivity (Wildman–Crippen MR) is 197 cm³/mol. The van der Waals surface area contributed by atoms with Crippen molar-refractivity contribution in [3.63, 3.8) is 0 Å². The van der Waals surface area contributed by atoms with E-state index in [-0.39, 0.29) is 12.3 Å². The zero-order valence-electron chi connectivity index (χ0n) is 31.2. The van der Waals surface area contributed by atoms with E-state index in [0.29, 0.717) is 18.5 Å². The third-order valence-corrected chi connectivity index (χ3v) is 7.58. The number of amides is 2. The van der Waals surface area contributed by atoms with Crippen LogP contribution in [0.3, 0.4) is 0 Å². The van der Waals surface area contributed by atoms with Gasteiger partial charge in [0.1, 0.15) is 12.0 Å². The molecule has 266 valence electrons. The summed E-state index contributed by atoms with van der Waals surface area (Å²) >= 11 is 0. The number of hydrogen-bond donors (Lipinski definition) is 1. The Labute approximate surface area is 285 Å². The Balaban J connectivity index is 0. The van der Waals surface area contributed by atoms with Crippen LogP contribution in [0.5, 0.6) is 0 Å². The van der Waals surface area contributed by atoms with Crippen LogP contribution in [0.1, 0.15) is 111 Å². The third-order valence-electron chi connectivity index (χ3n) is 7.58. The van der Waals surface area contributed by atoms with Gasteiger partial charge < -0.3 is 15.1 Å². The molecule has 1 fully saturated rings. The van der Waals surface area contributed by atoms with E-state index in [1.807, 2.05) is 84.9 Å². The summed E-state index contributed by atoms with van der Waals surface area (Å²) < 4.78 is 24.0. The van der Waals surface area contributed by atoms with Gasteiger partial charge >= 0.3 is 0 Å². The lowest BCUT2D eigenvalue weighted by atomic mass is 9.99. The SMILES string of the molecule is C/C=C\C=C(/C)NC(=O)Cc1cc(/C=C/CN(C)C=O)cnc1CC.CC.CC.CCN(C)C1(C)CCCC1.FC1=CC(F)CC=C1. The number of allylic oxidation sites excluding steroid dienone is 8. The summed E-state index contributed by atoms with van der Waals surface area (Å²) in [7, 11) is 3.96. The lowest BCUT2D eigenvalue weighted by Crippen LogP contribution is -2.40. The predicted octanol–water partition coefficient (Wildman–Crippen LogP) is 9.35. The van der Waals surface area contributed by atoms with Crippen molar-refractivity contribution in [3.05, 3.63) is 83.1 Å². The lowest BCUT2D eigenvalue weighted by molar-refractivity contribution is -0.119. The molecule has 2 amide bonds. The zero-order valence-corrected chi connectivity index (χ0v) is 31.2. The number of nitrogens with one attached hydrogen (secondary N) is 1. The van der Waals surface area contributed by atoms with Crippen molar-refractivity contribution in [1.82, 2.24) is 20.1 Å². The smallest absolute Gasteiger partial charge is 0.228 e. The van der Waals surface area contributed by atoms with Gasteiger partial charge in [-0.05, 0) is 89.0 Å². The number of aryl methyl sites for hydroxylation is 1. The molecule has 1 aromatic heterocycles. The average molecular weight is 659 g/mol. The van der Waals surface area contributed by atoms with E-state index in [1.54, 1.807) is 18.1 Å². The Hall–Kier alpha value is -3.39. The number of alkyl halides is 1. The van der Waals surface area contributed by atoms with Crippen LogP contribution in [0, 0.1) is 0 Å². The molecule has 6 nitrogen and oxygen atoms in total. The van der Waals surface area contributed by atoms with Crippen LogP contribution in [0.2, 0.25) is 0 Å². The molecule has 1 heterocycles. The zero-order chi connectivity index (χ0) is 36.3. The first kappa shape index (κ1) is 45.7. The standard InChI is InChI=1S/C20H27N3O2.C9H19N.C6H6F2.2C2H6/c1-5-7-9-16(3)22-20(25)13-18-12-17(14-21-19(18)6-2)10-8-11-23(4)15-24;1-4-10(3)9(2)7-5-6-8-9;7-5-2-1-3-6(8)4-5;2*1-2/h5,7-10,12,14-15H,6,11,13H2,1-4H3,(H,22,25);4-8H2,1-3H3;1-2,4,6H,3H2;2*1-2H3/b7-5-,10-8+,16-9+;;;;. The number of likely N-dealkylation sites (N-methyl/N-ethyl adjacent to an activating group) is 1. The molecule has 1 N–H and O–H groups in total. The molecule has 0 spiro atoms. The molecule has 1 saturated carbocycles. The average Bonchev–Trinajstić information content (AvgIpc) is 3.53. The fourth-order valence-corrected chi connectivity index (χ4v) is 4.74. The maximum absolute atomic E-state index is 12.2. The molecule has 2 aliphatic carbocycles. The summed E-state index contributed by atoms with van der Waals surface area (Å²) in [6.45, 7) is 20.2. The van der Waals surface area contributed by atoms with E-state index < -0.39 is 12.0 Å². The second-order valence-electron chi connectivity index (χ2n) is 11.2. The van der Waals surface area contributed by atoms with Crippen molar-refractivity contribution in [3.8, 4) is 0 Å². The second kappa shape index (κ2) is 27.7. The van der Waals surface area contributed by atoms with Crippen LogP contribution in [-0.4, -0.2) is 66.0 Å². The van der Waals surface area contributed by atoms with Crippen LogP contribution in [-0.2, 0) is 22.4 Å². The number of halogens is 2. The maximum atomic E-state index is 12.2. The minimum atomic E-state index is -1.11. The molecular weight excluding hydrogens is 594 g/mol. The van der Waals surface area contributed by atoms with Gasteiger partial charge in [0.2, 0.25) is 12.3 Å². The Morgan fingerprint density at radius 1 is 1.15 bits per heavy atom. The Morgan fingerprint density at radius 3 is 2.28 bits per heavy atom. The summed E-state index contributed by atoms with van der Waals surface area (Å²) in [4.78, 5) is 31.3. The highest BCUT2D eigenvalue weighted by molar-refractivity contribution is 5.80. The number of carbonyl (C=O) groups excluding carboxylic acids is 2. The van der Waals surface area contributed by atoms with Gasteiger partial charge in [-0.2, -0.15) is 0 Å². The number of aromatic nitrogens is 1. The van der Waals surface area contributed by atoms with E-state index in [0.717, 1.165) is 41.4 Å². The van der Waals surface area contributed by atoms with Gasteiger partial charge in [-0.3, -0.25) is 14.6 Å². The van der Waals surface area contributed by atoms with Crippen molar-refractivity contribution < 1.29 is 18.4 Å². The number of rotatable bonds is 11. The van der Waals surface area contributed by atoms with Crippen molar-refractivity contribution in [2.24, 2.45) is 0 Å². The van der Waals surface area contributed by atoms with Gasteiger partial charge in [-0.25, -0.2) is 8.78 Å². The molecule has 0 saturated heterocycles. The summed E-state index contributed by atoms with van der Waals surface area (Å²) in [5.41, 5.74) is 4.11. The highest BCUT2D eigenvalue weighted by Gasteiger charge is 2.31. The highest BCUT2D eigenvalue weighted by atomic mass is 19.1. The normalized spacial score (nSPS) is 16.4. The number of hydrogen-bond acceptors (Lipinski definition) is 4. The largest absolute Gasteiger partial charge is 0.345 e. The first-order chi connectivity index (χ1) is 22.5. The number of nitrogens with zero attached hydrogens (tertiary/aromatic N) is 3. The molecule has 47 heavy (non-hydrogen) atoms. The first-order valence-corrected chi connectivity index (χ1v) is 17.3. The van der Waals surface area contributed by atoms with E-state index in [4.69, 9.17) is 0 Å². The van der Waals surface area contributed by atoms with Crippen LogP contribution in [0.25, 0.3) is 6.08 Å². The van der Waals surface area contributed by atoms with Crippen LogP contribution in [0.4, 0.5) is 8.78 Å². The lowest BCUT2D eigenvalue weighted by Gasteiger charge is -2.34. The second-order valence-corrected chi connectivity index (χ2v) is 11.2. The van der Waals surface area contributed by atoms with E-state index in [2.05, 4.69) is 36.1 Å². The van der Waals surface area contributed by atoms with Crippen LogP contribution in [0.15, 0.2) is 66.3 Å². The highest BCUT2D eigenvalue weighted by Crippen LogP contribution is 2.33. The van der Waals surface area contributed by atoms with Gasteiger partial charge in [-0.15, -0.1) is 0 Å². The van der Waals surface area contributed by atoms with E-state index in [1.165, 1.54) is 44.4 Å². The monoisotopic (exact) mass is 658 g/mol. The fourth-order valence-electron chi connectivity index (χ4n) is 4.74. The molecule has 0 bridgehead atoms. The molecule has 0 aliphatic heterocycles. The van der Waals surface area contributed by atoms with Gasteiger partial charge in [-0.1, -0.05) is 84.8 Å². The topological polar surface area (TPSA) is 65.5 Å². The molecule has 1 atom stereocenters. The quantitative estimate of drug-likeness (QED) is 0.190. The Kier molecular flexibility index (Phi) is 26.9. The molecule has 3 rings (SSSR count). The fraction of sp³-hybridized carbons (Fsp3) is 0.564. The molecule has 0 aromatic carbocycles. The van der Waals surface area contributed by atoms with Crippen molar-refractivity contribution in [2.45, 2.75) is 119 Å². The first-order valence-electron chi connectivity index (χ1n) is 17.3. The van der Waals surface area contributed by atoms with Crippen molar-refractivity contribution >= 4 is 18.4 Å². The Morgan fingerprint density at radius 2 is 1.79 bits per heavy atom. The van der Waals surface area contributed by atoms with Crippen molar-refractivity contribution in [1.29, 1.82) is 0 Å². The number of pyridine rings is 1. The van der Waals surface area contributed by atoms with E-state index >= 15 is 0 Å². The molecule has 1 aromatic rings. The summed E-state index contributed by atoms with van der Waals surface area (Å²) in [5.74, 6) is -0.527. The summed E-state index contributed by atoms with van der Waals surface area (Å²) in [6, 6.07) is 1.98. The van der Waals surface area contributed by atoms with Gasteiger partial charge in [0.05, 0.1) is 6.42 Å². The van der Waals surface area contributed by atoms with Crippen LogP contribution >= 0.6 is 0 Å². The van der Waals surface area contributed by atoms with Gasteiger partial charge in [0.15, 0.2) is 0 Å². The van der Waals surface area contributed by atoms with Crippen molar-refractivity contribution in [2.75, 3.05) is 27.2 Å². The molecule has 0 radical (unpaired) electrons. The van der Waals surface area contributed by atoms with Gasteiger partial charge in [0.25, 0.3) is 0 Å². The Bertz CT molecular complexity index is 1150. The molecular formula is C39H64F2N4O2.